The van der Waals surface area contributed by atoms with E-state index in [9.17, 15) is 5.11 Å². The van der Waals surface area contributed by atoms with Crippen LogP contribution in [0.5, 0.6) is 11.5 Å². The van der Waals surface area contributed by atoms with Gasteiger partial charge in [0.05, 0.1) is 7.11 Å². The molecular formula is C15H24N2O2. The van der Waals surface area contributed by atoms with Gasteiger partial charge < -0.3 is 15.2 Å². The van der Waals surface area contributed by atoms with Crippen molar-refractivity contribution in [2.24, 2.45) is 0 Å². The number of hydrogen-bond donors (Lipinski definition) is 2. The molecule has 2 N–H and O–H groups in total. The lowest BCUT2D eigenvalue weighted by atomic mass is 10.0. The third kappa shape index (κ3) is 3.19. The zero-order chi connectivity index (χ0) is 13.8. The summed E-state index contributed by atoms with van der Waals surface area (Å²) in [6.07, 6.45) is 2.42. The van der Waals surface area contributed by atoms with Crippen molar-refractivity contribution in [1.29, 1.82) is 0 Å². The van der Waals surface area contributed by atoms with Crippen LogP contribution in [0.2, 0.25) is 0 Å². The summed E-state index contributed by atoms with van der Waals surface area (Å²) in [4.78, 5) is 2.33. The van der Waals surface area contributed by atoms with Crippen LogP contribution in [0.15, 0.2) is 18.2 Å². The first kappa shape index (κ1) is 14.2. The van der Waals surface area contributed by atoms with E-state index in [1.807, 2.05) is 6.07 Å². The molecule has 1 aliphatic heterocycles. The number of nitrogens with one attached hydrogen (secondary N) is 1. The van der Waals surface area contributed by atoms with Crippen LogP contribution in [0.25, 0.3) is 0 Å². The van der Waals surface area contributed by atoms with Gasteiger partial charge in [-0.1, -0.05) is 0 Å². The van der Waals surface area contributed by atoms with Gasteiger partial charge in [0.1, 0.15) is 11.5 Å². The molecule has 1 fully saturated rings. The lowest BCUT2D eigenvalue weighted by Gasteiger charge is -2.36. The van der Waals surface area contributed by atoms with Crippen molar-refractivity contribution in [3.05, 3.63) is 23.8 Å². The van der Waals surface area contributed by atoms with Crippen LogP contribution in [0, 0.1) is 0 Å². The molecule has 1 heterocycles. The molecule has 0 amide bonds. The van der Waals surface area contributed by atoms with Crippen molar-refractivity contribution < 1.29 is 9.84 Å². The molecule has 2 rings (SSSR count). The van der Waals surface area contributed by atoms with Crippen molar-refractivity contribution in [2.45, 2.75) is 31.8 Å². The number of piperidine rings is 1. The predicted molar refractivity (Wildman–Crippen MR) is 76.7 cm³/mol. The Hall–Kier alpha value is -1.26. The maximum Gasteiger partial charge on any atom is 0.120 e. The topological polar surface area (TPSA) is 44.7 Å². The molecule has 1 saturated heterocycles. The number of phenols is 1. The second-order valence-corrected chi connectivity index (χ2v) is 5.27. The van der Waals surface area contributed by atoms with Gasteiger partial charge in [-0.05, 0) is 51.6 Å². The van der Waals surface area contributed by atoms with Gasteiger partial charge in [0, 0.05) is 24.2 Å². The van der Waals surface area contributed by atoms with E-state index in [0.717, 1.165) is 24.4 Å². The first-order valence-electron chi connectivity index (χ1n) is 6.93. The molecule has 1 aromatic carbocycles. The standard InChI is InChI=1S/C15H24N2O2/c1-11(17(2)12-5-4-8-16-10-12)14-9-13(19-3)6-7-15(14)18/h6-7,9,11-12,16,18H,4-5,8,10H2,1-3H3. The molecular weight excluding hydrogens is 240 g/mol. The zero-order valence-corrected chi connectivity index (χ0v) is 12.0. The predicted octanol–water partition coefficient (Wildman–Crippen LogP) is 2.15. The number of ether oxygens (including phenoxy) is 1. The van der Waals surface area contributed by atoms with E-state index in [1.54, 1.807) is 19.2 Å². The van der Waals surface area contributed by atoms with Crippen molar-refractivity contribution in [3.8, 4) is 11.5 Å². The van der Waals surface area contributed by atoms with Gasteiger partial charge in [0.25, 0.3) is 0 Å². The van der Waals surface area contributed by atoms with Crippen LogP contribution in [-0.4, -0.2) is 43.3 Å². The Morgan fingerprint density at radius 1 is 1.47 bits per heavy atom. The molecule has 2 unspecified atom stereocenters. The van der Waals surface area contributed by atoms with Crippen LogP contribution in [0.4, 0.5) is 0 Å². The van der Waals surface area contributed by atoms with Crippen molar-refractivity contribution in [3.63, 3.8) is 0 Å². The largest absolute Gasteiger partial charge is 0.508 e. The average molecular weight is 264 g/mol. The molecule has 0 saturated carbocycles. The van der Waals surface area contributed by atoms with Crippen LogP contribution >= 0.6 is 0 Å². The molecule has 1 aliphatic rings. The van der Waals surface area contributed by atoms with E-state index in [4.69, 9.17) is 4.74 Å². The summed E-state index contributed by atoms with van der Waals surface area (Å²) in [6.45, 7) is 4.26. The van der Waals surface area contributed by atoms with Crippen molar-refractivity contribution in [1.82, 2.24) is 10.2 Å². The second kappa shape index (κ2) is 6.26. The minimum Gasteiger partial charge on any atom is -0.508 e. The highest BCUT2D eigenvalue weighted by Gasteiger charge is 2.24. The Labute approximate surface area is 115 Å². The summed E-state index contributed by atoms with van der Waals surface area (Å²) < 4.78 is 5.24. The van der Waals surface area contributed by atoms with E-state index in [0.29, 0.717) is 11.8 Å². The minimum atomic E-state index is 0.167. The van der Waals surface area contributed by atoms with Crippen molar-refractivity contribution in [2.75, 3.05) is 27.2 Å². The molecule has 0 aromatic heterocycles. The lowest BCUT2D eigenvalue weighted by Crippen LogP contribution is -2.45. The molecule has 0 aliphatic carbocycles. The quantitative estimate of drug-likeness (QED) is 0.874. The summed E-state index contributed by atoms with van der Waals surface area (Å²) in [6, 6.07) is 6.10. The molecule has 1 aromatic rings. The molecule has 106 valence electrons. The average Bonchev–Trinajstić information content (AvgIpc) is 2.47. The van der Waals surface area contributed by atoms with Crippen LogP contribution < -0.4 is 10.1 Å². The van der Waals surface area contributed by atoms with Gasteiger partial charge in [0.2, 0.25) is 0 Å². The summed E-state index contributed by atoms with van der Waals surface area (Å²) in [5, 5.41) is 13.5. The summed E-state index contributed by atoms with van der Waals surface area (Å²) in [5.41, 5.74) is 0.924. The van der Waals surface area contributed by atoms with E-state index >= 15 is 0 Å². The van der Waals surface area contributed by atoms with Gasteiger partial charge in [-0.2, -0.15) is 0 Å². The Kier molecular flexibility index (Phi) is 4.66. The fraction of sp³-hybridized carbons (Fsp3) is 0.600. The summed E-state index contributed by atoms with van der Waals surface area (Å²) >= 11 is 0. The SMILES string of the molecule is COc1ccc(O)c(C(C)N(C)C2CCCNC2)c1. The van der Waals surface area contributed by atoms with Crippen LogP contribution in [-0.2, 0) is 0 Å². The van der Waals surface area contributed by atoms with E-state index in [-0.39, 0.29) is 6.04 Å². The molecule has 4 heteroatoms. The van der Waals surface area contributed by atoms with Crippen molar-refractivity contribution >= 4 is 0 Å². The Balaban J connectivity index is 2.15. The van der Waals surface area contributed by atoms with Gasteiger partial charge >= 0.3 is 0 Å². The summed E-state index contributed by atoms with van der Waals surface area (Å²) in [5.74, 6) is 1.12. The van der Waals surface area contributed by atoms with Gasteiger partial charge in [-0.15, -0.1) is 0 Å². The third-order valence-electron chi connectivity index (χ3n) is 4.14. The zero-order valence-electron chi connectivity index (χ0n) is 12.0. The lowest BCUT2D eigenvalue weighted by molar-refractivity contribution is 0.154. The Morgan fingerprint density at radius 2 is 2.26 bits per heavy atom. The van der Waals surface area contributed by atoms with Crippen LogP contribution in [0.3, 0.4) is 0 Å². The van der Waals surface area contributed by atoms with Gasteiger partial charge in [-0.3, -0.25) is 4.90 Å². The fourth-order valence-electron chi connectivity index (χ4n) is 2.71. The number of hydrogen-bond acceptors (Lipinski definition) is 4. The van der Waals surface area contributed by atoms with Gasteiger partial charge in [0.15, 0.2) is 0 Å². The second-order valence-electron chi connectivity index (χ2n) is 5.27. The fourth-order valence-corrected chi connectivity index (χ4v) is 2.71. The third-order valence-corrected chi connectivity index (χ3v) is 4.14. The van der Waals surface area contributed by atoms with E-state index < -0.39 is 0 Å². The molecule has 0 radical (unpaired) electrons. The first-order valence-corrected chi connectivity index (χ1v) is 6.93. The van der Waals surface area contributed by atoms with Crippen LogP contribution in [0.1, 0.15) is 31.4 Å². The number of benzene rings is 1. The highest BCUT2D eigenvalue weighted by atomic mass is 16.5. The minimum absolute atomic E-state index is 0.167. The maximum atomic E-state index is 10.1. The number of rotatable bonds is 4. The number of phenolic OH excluding ortho intramolecular Hbond substituents is 1. The Bertz CT molecular complexity index is 417. The molecule has 19 heavy (non-hydrogen) atoms. The number of likely N-dealkylation sites (N-methyl/N-ethyl adjacent to an activating group) is 1. The highest BCUT2D eigenvalue weighted by molar-refractivity contribution is 5.41. The van der Waals surface area contributed by atoms with Gasteiger partial charge in [-0.25, -0.2) is 0 Å². The highest BCUT2D eigenvalue weighted by Crippen LogP contribution is 2.32. The monoisotopic (exact) mass is 264 g/mol. The number of methoxy groups -OCH3 is 1. The molecule has 2 atom stereocenters. The summed E-state index contributed by atoms with van der Waals surface area (Å²) in [7, 11) is 3.77. The normalized spacial score (nSPS) is 21.4. The molecule has 4 nitrogen and oxygen atoms in total. The smallest absolute Gasteiger partial charge is 0.120 e. The van der Waals surface area contributed by atoms with E-state index in [1.165, 1.54) is 12.8 Å². The van der Waals surface area contributed by atoms with E-state index in [2.05, 4.69) is 24.2 Å². The number of aromatic hydroxyl groups is 1. The maximum absolute atomic E-state index is 10.1. The molecule has 0 bridgehead atoms. The first-order chi connectivity index (χ1) is 9.13. The number of nitrogens with zero attached hydrogens (tertiary/aromatic N) is 1. The molecule has 0 spiro atoms. The Morgan fingerprint density at radius 3 is 2.89 bits per heavy atom.